The summed E-state index contributed by atoms with van der Waals surface area (Å²) in [5.41, 5.74) is 6.34. The molecule has 3 rings (SSSR count). The van der Waals surface area contributed by atoms with Crippen molar-refractivity contribution >= 4 is 16.8 Å². The maximum Gasteiger partial charge on any atom is 0.252 e. The van der Waals surface area contributed by atoms with Crippen LogP contribution in [0.1, 0.15) is 12.0 Å². The molecule has 0 unspecified atom stereocenters. The molecule has 1 aliphatic rings. The van der Waals surface area contributed by atoms with Gasteiger partial charge in [0.2, 0.25) is 5.91 Å². The van der Waals surface area contributed by atoms with Crippen molar-refractivity contribution in [1.82, 2.24) is 9.88 Å². The average molecular weight is 289 g/mol. The van der Waals surface area contributed by atoms with Crippen LogP contribution in [0.3, 0.4) is 0 Å². The lowest BCUT2D eigenvalue weighted by molar-refractivity contribution is -0.122. The predicted molar refractivity (Wildman–Crippen MR) is 77.5 cm³/mol. The van der Waals surface area contributed by atoms with E-state index < -0.39 is 18.1 Å². The fourth-order valence-corrected chi connectivity index (χ4v) is 2.85. The number of hydrogen-bond donors (Lipinski definition) is 2. The first-order valence-electron chi connectivity index (χ1n) is 6.83. The van der Waals surface area contributed by atoms with Gasteiger partial charge in [0.1, 0.15) is 6.17 Å². The number of nitrogens with one attached hydrogen (secondary N) is 1. The molecule has 2 heterocycles. The third-order valence-electron chi connectivity index (χ3n) is 3.88. The fraction of sp³-hybridized carbons (Fsp3) is 0.333. The van der Waals surface area contributed by atoms with Crippen molar-refractivity contribution in [2.75, 3.05) is 6.54 Å². The summed E-state index contributed by atoms with van der Waals surface area (Å²) in [6.07, 6.45) is -0.983. The standard InChI is InChI=1S/C15H16FN3O2/c16-11-6-13(14(17)20)19(8-11)7-10-5-9-3-1-2-4-12(9)18-15(10)21/h1-5,11,13H,6-8H2,(H2,17,20)(H,18,21)/t11-,13+/m1/s1. The number of carbonyl (C=O) groups excluding carboxylic acids is 1. The molecule has 2 aromatic rings. The van der Waals surface area contributed by atoms with Crippen molar-refractivity contribution in [2.45, 2.75) is 25.2 Å². The topological polar surface area (TPSA) is 79.2 Å². The van der Waals surface area contributed by atoms with Crippen molar-refractivity contribution in [2.24, 2.45) is 5.73 Å². The molecule has 21 heavy (non-hydrogen) atoms. The molecule has 1 amide bonds. The van der Waals surface area contributed by atoms with E-state index in [9.17, 15) is 14.0 Å². The second-order valence-corrected chi connectivity index (χ2v) is 5.39. The summed E-state index contributed by atoms with van der Waals surface area (Å²) in [6, 6.07) is 8.56. The normalized spacial score (nSPS) is 22.7. The summed E-state index contributed by atoms with van der Waals surface area (Å²) in [5.74, 6) is -0.549. The minimum atomic E-state index is -1.08. The number of amides is 1. The minimum Gasteiger partial charge on any atom is -0.368 e. The van der Waals surface area contributed by atoms with E-state index in [1.54, 1.807) is 11.0 Å². The molecule has 110 valence electrons. The lowest BCUT2D eigenvalue weighted by Crippen LogP contribution is -2.40. The van der Waals surface area contributed by atoms with E-state index in [2.05, 4.69) is 4.98 Å². The lowest BCUT2D eigenvalue weighted by atomic mass is 10.1. The molecule has 1 fully saturated rings. The summed E-state index contributed by atoms with van der Waals surface area (Å²) in [6.45, 7) is 0.341. The Hall–Kier alpha value is -2.21. The second-order valence-electron chi connectivity index (χ2n) is 5.39. The molecule has 6 heteroatoms. The molecule has 3 N–H and O–H groups in total. The third kappa shape index (κ3) is 2.67. The number of nitrogens with two attached hydrogens (primary N) is 1. The maximum atomic E-state index is 13.5. The number of aromatic nitrogens is 1. The number of likely N-dealkylation sites (tertiary alicyclic amines) is 1. The molecule has 1 saturated heterocycles. The predicted octanol–water partition coefficient (Wildman–Crippen LogP) is 0.926. The highest BCUT2D eigenvalue weighted by Crippen LogP contribution is 2.22. The van der Waals surface area contributed by atoms with Gasteiger partial charge in [-0.25, -0.2) is 4.39 Å². The molecule has 1 aromatic carbocycles. The van der Waals surface area contributed by atoms with Gasteiger partial charge in [0.15, 0.2) is 0 Å². The maximum absolute atomic E-state index is 13.5. The van der Waals surface area contributed by atoms with Gasteiger partial charge in [-0.15, -0.1) is 0 Å². The number of rotatable bonds is 3. The van der Waals surface area contributed by atoms with Crippen LogP contribution in [0, 0.1) is 0 Å². The third-order valence-corrected chi connectivity index (χ3v) is 3.88. The number of primary amides is 1. The van der Waals surface area contributed by atoms with E-state index in [-0.39, 0.29) is 25.1 Å². The van der Waals surface area contributed by atoms with Crippen molar-refractivity contribution in [1.29, 1.82) is 0 Å². The van der Waals surface area contributed by atoms with E-state index in [0.717, 1.165) is 10.9 Å². The molecule has 1 aliphatic heterocycles. The number of carbonyl (C=O) groups is 1. The summed E-state index contributed by atoms with van der Waals surface area (Å²) in [7, 11) is 0. The van der Waals surface area contributed by atoms with Crippen LogP contribution in [0.15, 0.2) is 35.1 Å². The number of H-pyrrole nitrogens is 1. The smallest absolute Gasteiger partial charge is 0.252 e. The number of halogens is 1. The number of aromatic amines is 1. The molecule has 1 aromatic heterocycles. The summed E-state index contributed by atoms with van der Waals surface area (Å²) in [4.78, 5) is 27.9. The van der Waals surface area contributed by atoms with Crippen LogP contribution < -0.4 is 11.3 Å². The van der Waals surface area contributed by atoms with Crippen LogP contribution in [0.2, 0.25) is 0 Å². The van der Waals surface area contributed by atoms with Gasteiger partial charge in [-0.2, -0.15) is 0 Å². The summed E-state index contributed by atoms with van der Waals surface area (Å²) in [5, 5.41) is 0.902. The number of pyridine rings is 1. The van der Waals surface area contributed by atoms with Gasteiger partial charge >= 0.3 is 0 Å². The number of fused-ring (bicyclic) bond motifs is 1. The van der Waals surface area contributed by atoms with E-state index in [1.807, 2.05) is 24.3 Å². The van der Waals surface area contributed by atoms with Gasteiger partial charge in [-0.1, -0.05) is 18.2 Å². The van der Waals surface area contributed by atoms with Gasteiger partial charge in [-0.05, 0) is 17.5 Å². The van der Waals surface area contributed by atoms with E-state index in [0.29, 0.717) is 5.56 Å². The SMILES string of the molecule is NC(=O)[C@@H]1C[C@@H](F)CN1Cc1cc2ccccc2[nH]c1=O. The zero-order valence-corrected chi connectivity index (χ0v) is 11.4. The monoisotopic (exact) mass is 289 g/mol. The molecule has 2 atom stereocenters. The Labute approximate surface area is 120 Å². The number of alkyl halides is 1. The average Bonchev–Trinajstić information content (AvgIpc) is 2.81. The van der Waals surface area contributed by atoms with E-state index in [4.69, 9.17) is 5.73 Å². The quantitative estimate of drug-likeness (QED) is 0.882. The Kier molecular flexibility index (Phi) is 3.47. The molecule has 0 saturated carbocycles. The van der Waals surface area contributed by atoms with Crippen LogP contribution in [0.4, 0.5) is 4.39 Å². The molecular weight excluding hydrogens is 273 g/mol. The second kappa shape index (κ2) is 5.29. The number of benzene rings is 1. The van der Waals surface area contributed by atoms with Gasteiger partial charge in [0, 0.05) is 30.6 Å². The Bertz CT molecular complexity index is 743. The van der Waals surface area contributed by atoms with Crippen LogP contribution >= 0.6 is 0 Å². The van der Waals surface area contributed by atoms with Crippen LogP contribution in [-0.4, -0.2) is 34.5 Å². The first-order chi connectivity index (χ1) is 10.0. The number of hydrogen-bond acceptors (Lipinski definition) is 3. The van der Waals surface area contributed by atoms with Crippen molar-refractivity contribution < 1.29 is 9.18 Å². The van der Waals surface area contributed by atoms with Crippen molar-refractivity contribution in [3.05, 3.63) is 46.2 Å². The molecule has 0 radical (unpaired) electrons. The van der Waals surface area contributed by atoms with E-state index in [1.165, 1.54) is 0 Å². The Morgan fingerprint density at radius 3 is 2.95 bits per heavy atom. The van der Waals surface area contributed by atoms with Gasteiger partial charge in [0.05, 0.1) is 6.04 Å². The lowest BCUT2D eigenvalue weighted by Gasteiger charge is -2.21. The Morgan fingerprint density at radius 1 is 1.43 bits per heavy atom. The highest BCUT2D eigenvalue weighted by atomic mass is 19.1. The van der Waals surface area contributed by atoms with Crippen LogP contribution in [-0.2, 0) is 11.3 Å². The first kappa shape index (κ1) is 13.8. The highest BCUT2D eigenvalue weighted by molar-refractivity contribution is 5.80. The molecule has 0 spiro atoms. The van der Waals surface area contributed by atoms with Crippen molar-refractivity contribution in [3.63, 3.8) is 0 Å². The zero-order valence-electron chi connectivity index (χ0n) is 11.4. The molecule has 0 bridgehead atoms. The Morgan fingerprint density at radius 2 is 2.19 bits per heavy atom. The van der Waals surface area contributed by atoms with Crippen LogP contribution in [0.5, 0.6) is 0 Å². The van der Waals surface area contributed by atoms with Gasteiger partial charge in [-0.3, -0.25) is 14.5 Å². The fourth-order valence-electron chi connectivity index (χ4n) is 2.85. The van der Waals surface area contributed by atoms with Gasteiger partial charge in [0.25, 0.3) is 5.56 Å². The molecule has 5 nitrogen and oxygen atoms in total. The van der Waals surface area contributed by atoms with Crippen LogP contribution in [0.25, 0.3) is 10.9 Å². The van der Waals surface area contributed by atoms with E-state index >= 15 is 0 Å². The highest BCUT2D eigenvalue weighted by Gasteiger charge is 2.35. The zero-order chi connectivity index (χ0) is 15.0. The summed E-state index contributed by atoms with van der Waals surface area (Å²) < 4.78 is 13.5. The molecular formula is C15H16FN3O2. The van der Waals surface area contributed by atoms with Gasteiger partial charge < -0.3 is 10.7 Å². The Balaban J connectivity index is 1.92. The minimum absolute atomic E-state index is 0.0980. The van der Waals surface area contributed by atoms with Crippen molar-refractivity contribution in [3.8, 4) is 0 Å². The summed E-state index contributed by atoms with van der Waals surface area (Å²) >= 11 is 0. The first-order valence-corrected chi connectivity index (χ1v) is 6.83. The largest absolute Gasteiger partial charge is 0.368 e. The molecule has 0 aliphatic carbocycles. The number of para-hydroxylation sites is 1. The number of nitrogens with zero attached hydrogens (tertiary/aromatic N) is 1.